The molecule has 1 aromatic heterocycles. The van der Waals surface area contributed by atoms with Crippen LogP contribution in [-0.4, -0.2) is 17.9 Å². The molecule has 29 heavy (non-hydrogen) atoms. The van der Waals surface area contributed by atoms with E-state index in [2.05, 4.69) is 36.3 Å². The minimum absolute atomic E-state index is 0.0562. The number of carbonyl (C=O) groups excluding carboxylic acids is 1. The number of nitrogens with one attached hydrogen (secondary N) is 1. The van der Waals surface area contributed by atoms with Crippen molar-refractivity contribution in [2.75, 3.05) is 12.4 Å². The molecule has 2 aromatic carbocycles. The molecule has 146 valence electrons. The largest absolute Gasteiger partial charge is 0.497 e. The SMILES string of the molecule is COc1ccc([C@@H]2Nc3ccc4ncccc4c3C3=C2C(=O)CC(C)(C)C3)cc1. The van der Waals surface area contributed by atoms with Crippen LogP contribution in [0.25, 0.3) is 16.5 Å². The topological polar surface area (TPSA) is 51.2 Å². The van der Waals surface area contributed by atoms with E-state index in [9.17, 15) is 4.79 Å². The van der Waals surface area contributed by atoms with Gasteiger partial charge in [0.05, 0.1) is 18.7 Å². The maximum Gasteiger partial charge on any atom is 0.162 e. The average Bonchev–Trinajstić information content (AvgIpc) is 2.72. The summed E-state index contributed by atoms with van der Waals surface area (Å²) < 4.78 is 5.31. The van der Waals surface area contributed by atoms with Gasteiger partial charge in [-0.1, -0.05) is 32.0 Å². The number of anilines is 1. The second kappa shape index (κ2) is 6.45. The van der Waals surface area contributed by atoms with E-state index in [1.54, 1.807) is 7.11 Å². The first kappa shape index (κ1) is 17.9. The summed E-state index contributed by atoms with van der Waals surface area (Å²) in [5.41, 5.74) is 6.24. The van der Waals surface area contributed by atoms with Crippen LogP contribution in [0.1, 0.15) is 43.9 Å². The second-order valence-corrected chi connectivity index (χ2v) is 8.74. The van der Waals surface area contributed by atoms with Gasteiger partial charge in [-0.05, 0) is 53.3 Å². The molecule has 0 saturated heterocycles. The molecule has 0 amide bonds. The third-order valence-corrected chi connectivity index (χ3v) is 6.04. The minimum Gasteiger partial charge on any atom is -0.497 e. The highest BCUT2D eigenvalue weighted by Crippen LogP contribution is 2.51. The van der Waals surface area contributed by atoms with E-state index in [0.717, 1.165) is 45.5 Å². The Morgan fingerprint density at radius 2 is 1.86 bits per heavy atom. The van der Waals surface area contributed by atoms with Crippen LogP contribution < -0.4 is 10.1 Å². The lowest BCUT2D eigenvalue weighted by molar-refractivity contribution is -0.118. The van der Waals surface area contributed by atoms with Crippen LogP contribution in [0.3, 0.4) is 0 Å². The smallest absolute Gasteiger partial charge is 0.162 e. The lowest BCUT2D eigenvalue weighted by Crippen LogP contribution is -2.33. The Labute approximate surface area is 170 Å². The number of pyridine rings is 1. The lowest BCUT2D eigenvalue weighted by atomic mass is 9.68. The number of nitrogens with zero attached hydrogens (tertiary/aromatic N) is 1. The predicted molar refractivity (Wildman–Crippen MR) is 116 cm³/mol. The summed E-state index contributed by atoms with van der Waals surface area (Å²) in [6.45, 7) is 4.37. The quantitative estimate of drug-likeness (QED) is 0.629. The first-order chi connectivity index (χ1) is 14.0. The van der Waals surface area contributed by atoms with Gasteiger partial charge in [0.2, 0.25) is 0 Å². The van der Waals surface area contributed by atoms with Crippen LogP contribution in [0.5, 0.6) is 5.75 Å². The van der Waals surface area contributed by atoms with Gasteiger partial charge in [0.1, 0.15) is 5.75 Å². The van der Waals surface area contributed by atoms with Crippen molar-refractivity contribution < 1.29 is 9.53 Å². The molecule has 0 saturated carbocycles. The Morgan fingerprint density at radius 3 is 2.62 bits per heavy atom. The van der Waals surface area contributed by atoms with Crippen molar-refractivity contribution in [1.29, 1.82) is 0 Å². The molecule has 0 unspecified atom stereocenters. The third kappa shape index (κ3) is 2.91. The van der Waals surface area contributed by atoms with Gasteiger partial charge in [0.25, 0.3) is 0 Å². The number of Topliss-reactive ketones (excluding diaryl/α,β-unsaturated/α-hetero) is 1. The monoisotopic (exact) mass is 384 g/mol. The Hall–Kier alpha value is -3.14. The Bertz CT molecular complexity index is 1160. The third-order valence-electron chi connectivity index (χ3n) is 6.04. The number of hydrogen-bond donors (Lipinski definition) is 1. The van der Waals surface area contributed by atoms with Crippen molar-refractivity contribution in [1.82, 2.24) is 4.98 Å². The number of rotatable bonds is 2. The molecule has 2 heterocycles. The predicted octanol–water partition coefficient (Wildman–Crippen LogP) is 5.55. The molecule has 1 aliphatic carbocycles. The fourth-order valence-electron chi connectivity index (χ4n) is 4.76. The van der Waals surface area contributed by atoms with Crippen molar-refractivity contribution in [3.8, 4) is 5.75 Å². The maximum atomic E-state index is 13.4. The van der Waals surface area contributed by atoms with Crippen LogP contribution in [0.15, 0.2) is 60.3 Å². The van der Waals surface area contributed by atoms with Crippen molar-refractivity contribution >= 4 is 27.9 Å². The van der Waals surface area contributed by atoms with Crippen LogP contribution in [0.4, 0.5) is 5.69 Å². The molecule has 4 heteroatoms. The summed E-state index contributed by atoms with van der Waals surface area (Å²) >= 11 is 0. The normalized spacial score (nSPS) is 20.1. The number of methoxy groups -OCH3 is 1. The van der Waals surface area contributed by atoms with Gasteiger partial charge in [-0.2, -0.15) is 0 Å². The molecule has 0 fully saturated rings. The number of allylic oxidation sites excluding steroid dienone is 1. The van der Waals surface area contributed by atoms with E-state index in [0.29, 0.717) is 6.42 Å². The molecular weight excluding hydrogens is 360 g/mol. The van der Waals surface area contributed by atoms with Gasteiger partial charge in [-0.3, -0.25) is 9.78 Å². The highest BCUT2D eigenvalue weighted by atomic mass is 16.5. The standard InChI is InChI=1S/C25H24N2O2/c1-25(2)13-18-22-17-5-4-12-26-19(17)10-11-20(22)27-24(23(18)21(28)14-25)15-6-8-16(29-3)9-7-15/h4-12,24,27H,13-14H2,1-3H3/t24-/m0/s1. The van der Waals surface area contributed by atoms with Gasteiger partial charge in [-0.15, -0.1) is 0 Å². The van der Waals surface area contributed by atoms with Crippen molar-refractivity contribution in [3.63, 3.8) is 0 Å². The molecule has 1 N–H and O–H groups in total. The zero-order chi connectivity index (χ0) is 20.2. The van der Waals surface area contributed by atoms with Crippen LogP contribution >= 0.6 is 0 Å². The zero-order valence-electron chi connectivity index (χ0n) is 17.0. The molecular formula is C25H24N2O2. The summed E-state index contributed by atoms with van der Waals surface area (Å²) in [5, 5.41) is 4.75. The van der Waals surface area contributed by atoms with Gasteiger partial charge >= 0.3 is 0 Å². The molecule has 3 aromatic rings. The second-order valence-electron chi connectivity index (χ2n) is 8.74. The highest BCUT2D eigenvalue weighted by molar-refractivity contribution is 6.12. The molecule has 5 rings (SSSR count). The highest BCUT2D eigenvalue weighted by Gasteiger charge is 2.40. The van der Waals surface area contributed by atoms with Gasteiger partial charge in [0, 0.05) is 34.8 Å². The van der Waals surface area contributed by atoms with Crippen LogP contribution in [0.2, 0.25) is 0 Å². The van der Waals surface area contributed by atoms with E-state index in [4.69, 9.17) is 4.74 Å². The number of carbonyl (C=O) groups is 1. The van der Waals surface area contributed by atoms with Crippen molar-refractivity contribution in [2.45, 2.75) is 32.7 Å². The first-order valence-corrected chi connectivity index (χ1v) is 10.0. The molecule has 1 atom stereocenters. The van der Waals surface area contributed by atoms with E-state index in [1.807, 2.05) is 42.6 Å². The Morgan fingerprint density at radius 1 is 1.07 bits per heavy atom. The van der Waals surface area contributed by atoms with Crippen molar-refractivity contribution in [3.05, 3.63) is 71.4 Å². The van der Waals surface area contributed by atoms with Crippen LogP contribution in [-0.2, 0) is 4.79 Å². The molecule has 0 radical (unpaired) electrons. The average molecular weight is 384 g/mol. The Balaban J connectivity index is 1.76. The van der Waals surface area contributed by atoms with Gasteiger partial charge in [-0.25, -0.2) is 0 Å². The fraction of sp³-hybridized carbons (Fsp3) is 0.280. The van der Waals surface area contributed by atoms with Crippen molar-refractivity contribution in [2.24, 2.45) is 5.41 Å². The zero-order valence-corrected chi connectivity index (χ0v) is 17.0. The maximum absolute atomic E-state index is 13.4. The van der Waals surface area contributed by atoms with Gasteiger partial charge in [0.15, 0.2) is 5.78 Å². The number of ketones is 1. The first-order valence-electron chi connectivity index (χ1n) is 10.0. The van der Waals surface area contributed by atoms with Gasteiger partial charge < -0.3 is 10.1 Å². The molecule has 2 aliphatic rings. The number of fused-ring (bicyclic) bond motifs is 4. The van der Waals surface area contributed by atoms with E-state index in [-0.39, 0.29) is 17.2 Å². The molecule has 4 nitrogen and oxygen atoms in total. The van der Waals surface area contributed by atoms with E-state index < -0.39 is 0 Å². The number of aromatic nitrogens is 1. The van der Waals surface area contributed by atoms with Crippen LogP contribution in [0, 0.1) is 5.41 Å². The van der Waals surface area contributed by atoms with E-state index >= 15 is 0 Å². The summed E-state index contributed by atoms with van der Waals surface area (Å²) in [6.07, 6.45) is 3.26. The minimum atomic E-state index is -0.152. The lowest BCUT2D eigenvalue weighted by Gasteiger charge is -2.40. The summed E-state index contributed by atoms with van der Waals surface area (Å²) in [6, 6.07) is 16.1. The summed E-state index contributed by atoms with van der Waals surface area (Å²) in [4.78, 5) is 17.9. The number of benzene rings is 2. The van der Waals surface area contributed by atoms with E-state index in [1.165, 1.54) is 5.57 Å². The number of ether oxygens (including phenoxy) is 1. The Kier molecular flexibility index (Phi) is 3.98. The molecule has 1 aliphatic heterocycles. The molecule has 0 spiro atoms. The fourth-order valence-corrected chi connectivity index (χ4v) is 4.76. The number of hydrogen-bond acceptors (Lipinski definition) is 4. The summed E-state index contributed by atoms with van der Waals surface area (Å²) in [7, 11) is 1.66. The molecule has 0 bridgehead atoms. The summed E-state index contributed by atoms with van der Waals surface area (Å²) in [5.74, 6) is 1.04.